The predicted molar refractivity (Wildman–Crippen MR) is 93.9 cm³/mol. The number of carbonyl (C=O) groups is 1. The molecule has 2 heteroatoms. The van der Waals surface area contributed by atoms with Crippen LogP contribution in [0.3, 0.4) is 0 Å². The van der Waals surface area contributed by atoms with E-state index in [0.717, 1.165) is 25.7 Å². The Balaban J connectivity index is 1.97. The maximum absolute atomic E-state index is 11.6. The molecule has 1 atom stereocenters. The second-order valence-electron chi connectivity index (χ2n) is 6.68. The van der Waals surface area contributed by atoms with Crippen molar-refractivity contribution in [3.63, 3.8) is 0 Å². The summed E-state index contributed by atoms with van der Waals surface area (Å²) in [5, 5.41) is 0. The van der Waals surface area contributed by atoms with Gasteiger partial charge < -0.3 is 4.74 Å². The van der Waals surface area contributed by atoms with E-state index in [2.05, 4.69) is 19.1 Å². The Hall–Kier alpha value is -0.790. The van der Waals surface area contributed by atoms with Crippen molar-refractivity contribution in [3.05, 3.63) is 12.2 Å². The van der Waals surface area contributed by atoms with Crippen LogP contribution in [-0.2, 0) is 9.53 Å². The molecule has 1 heterocycles. The molecule has 2 nitrogen and oxygen atoms in total. The molecule has 0 amide bonds. The summed E-state index contributed by atoms with van der Waals surface area (Å²) in [6, 6.07) is 0. The highest BCUT2D eigenvalue weighted by Gasteiger charge is 2.13. The van der Waals surface area contributed by atoms with Gasteiger partial charge in [-0.25, -0.2) is 0 Å². The van der Waals surface area contributed by atoms with Crippen LogP contribution in [0.5, 0.6) is 0 Å². The number of carbonyl (C=O) groups excluding carboxylic acids is 1. The zero-order valence-corrected chi connectivity index (χ0v) is 14.7. The third-order valence-electron chi connectivity index (χ3n) is 4.50. The Labute approximate surface area is 137 Å². The molecule has 0 aromatic rings. The number of rotatable bonds is 11. The summed E-state index contributed by atoms with van der Waals surface area (Å²) in [6.07, 6.45) is 22.5. The minimum Gasteiger partial charge on any atom is -0.462 e. The topological polar surface area (TPSA) is 26.3 Å². The Bertz CT molecular complexity index is 296. The molecular weight excluding hydrogens is 272 g/mol. The molecule has 22 heavy (non-hydrogen) atoms. The smallest absolute Gasteiger partial charge is 0.306 e. The molecular formula is C20H36O2. The first-order chi connectivity index (χ1) is 10.8. The van der Waals surface area contributed by atoms with Gasteiger partial charge in [-0.1, -0.05) is 76.9 Å². The number of esters is 1. The first kappa shape index (κ1) is 19.3. The molecule has 1 aliphatic heterocycles. The van der Waals surface area contributed by atoms with Gasteiger partial charge in [0.2, 0.25) is 0 Å². The lowest BCUT2D eigenvalue weighted by Crippen LogP contribution is -2.17. The number of allylic oxidation sites excluding steroid dienone is 1. The minimum absolute atomic E-state index is 0.000722. The number of unbranched alkanes of at least 4 members (excludes halogenated alkanes) is 9. The van der Waals surface area contributed by atoms with Crippen molar-refractivity contribution in [1.82, 2.24) is 0 Å². The Morgan fingerprint density at radius 3 is 2.27 bits per heavy atom. The van der Waals surface area contributed by atoms with Crippen molar-refractivity contribution in [2.75, 3.05) is 0 Å². The summed E-state index contributed by atoms with van der Waals surface area (Å²) in [7, 11) is 0. The van der Waals surface area contributed by atoms with Crippen LogP contribution in [-0.4, -0.2) is 12.1 Å². The van der Waals surface area contributed by atoms with Gasteiger partial charge in [0, 0.05) is 12.8 Å². The summed E-state index contributed by atoms with van der Waals surface area (Å²) < 4.78 is 5.56. The predicted octanol–water partition coefficient (Wildman–Crippen LogP) is 6.34. The van der Waals surface area contributed by atoms with E-state index in [1.54, 1.807) is 0 Å². The van der Waals surface area contributed by atoms with Crippen LogP contribution in [0.15, 0.2) is 12.2 Å². The Kier molecular flexibility index (Phi) is 12.1. The molecule has 128 valence electrons. The number of hydrogen-bond donors (Lipinski definition) is 0. The van der Waals surface area contributed by atoms with Crippen LogP contribution in [0.4, 0.5) is 0 Å². The average molecular weight is 309 g/mol. The number of hydrogen-bond acceptors (Lipinski definition) is 2. The van der Waals surface area contributed by atoms with E-state index in [1.807, 2.05) is 0 Å². The third-order valence-corrected chi connectivity index (χ3v) is 4.50. The quantitative estimate of drug-likeness (QED) is 0.253. The van der Waals surface area contributed by atoms with Gasteiger partial charge in [0.25, 0.3) is 0 Å². The molecule has 0 saturated heterocycles. The molecule has 0 saturated carbocycles. The van der Waals surface area contributed by atoms with E-state index in [-0.39, 0.29) is 12.1 Å². The molecule has 1 rings (SSSR count). The molecule has 0 N–H and O–H groups in total. The summed E-state index contributed by atoms with van der Waals surface area (Å²) >= 11 is 0. The van der Waals surface area contributed by atoms with Crippen molar-refractivity contribution in [3.8, 4) is 0 Å². The van der Waals surface area contributed by atoms with E-state index in [1.165, 1.54) is 64.2 Å². The van der Waals surface area contributed by atoms with Crippen molar-refractivity contribution >= 4 is 5.97 Å². The lowest BCUT2D eigenvalue weighted by atomic mass is 10.0. The standard InChI is InChI=1S/C20H36O2/c1-2-3-4-5-6-7-8-9-10-13-16-19-17-14-11-12-15-18-20(21)22-19/h11,14,19H,2-10,12-13,15-18H2,1H3/b14-11-. The van der Waals surface area contributed by atoms with E-state index in [9.17, 15) is 4.79 Å². The van der Waals surface area contributed by atoms with Gasteiger partial charge in [-0.15, -0.1) is 0 Å². The summed E-state index contributed by atoms with van der Waals surface area (Å²) in [6.45, 7) is 2.27. The first-order valence-electron chi connectivity index (χ1n) is 9.67. The lowest BCUT2D eigenvalue weighted by Gasteiger charge is -2.15. The number of ether oxygens (including phenoxy) is 1. The molecule has 1 aliphatic rings. The van der Waals surface area contributed by atoms with Crippen LogP contribution >= 0.6 is 0 Å². The molecule has 0 aromatic heterocycles. The van der Waals surface area contributed by atoms with Crippen LogP contribution in [0.2, 0.25) is 0 Å². The van der Waals surface area contributed by atoms with Gasteiger partial charge in [-0.05, 0) is 25.7 Å². The third kappa shape index (κ3) is 10.9. The van der Waals surface area contributed by atoms with E-state index in [0.29, 0.717) is 6.42 Å². The zero-order valence-electron chi connectivity index (χ0n) is 14.7. The molecule has 0 fully saturated rings. The van der Waals surface area contributed by atoms with E-state index in [4.69, 9.17) is 4.74 Å². The number of cyclic esters (lactones) is 1. The maximum Gasteiger partial charge on any atom is 0.306 e. The van der Waals surface area contributed by atoms with Crippen molar-refractivity contribution in [2.24, 2.45) is 0 Å². The first-order valence-corrected chi connectivity index (χ1v) is 9.67. The highest BCUT2D eigenvalue weighted by atomic mass is 16.5. The van der Waals surface area contributed by atoms with Crippen LogP contribution in [0, 0.1) is 0 Å². The van der Waals surface area contributed by atoms with Crippen molar-refractivity contribution < 1.29 is 9.53 Å². The second-order valence-corrected chi connectivity index (χ2v) is 6.68. The molecule has 0 aromatic carbocycles. The molecule has 0 spiro atoms. The van der Waals surface area contributed by atoms with E-state index < -0.39 is 0 Å². The highest BCUT2D eigenvalue weighted by Crippen LogP contribution is 2.17. The van der Waals surface area contributed by atoms with Crippen molar-refractivity contribution in [2.45, 2.75) is 109 Å². The van der Waals surface area contributed by atoms with Crippen LogP contribution in [0.1, 0.15) is 103 Å². The summed E-state index contributed by atoms with van der Waals surface area (Å²) in [5.41, 5.74) is 0. The summed E-state index contributed by atoms with van der Waals surface area (Å²) in [5.74, 6) is 0.000722. The van der Waals surface area contributed by atoms with Gasteiger partial charge in [0.1, 0.15) is 6.10 Å². The fourth-order valence-corrected chi connectivity index (χ4v) is 3.06. The van der Waals surface area contributed by atoms with Crippen LogP contribution < -0.4 is 0 Å². The molecule has 0 bridgehead atoms. The molecule has 0 radical (unpaired) electrons. The molecule has 0 aliphatic carbocycles. The SMILES string of the molecule is CCCCCCCCCCCCC1C/C=C\CCCC(=O)O1. The molecule has 1 unspecified atom stereocenters. The minimum atomic E-state index is 0.000722. The van der Waals surface area contributed by atoms with Crippen LogP contribution in [0.25, 0.3) is 0 Å². The maximum atomic E-state index is 11.6. The van der Waals surface area contributed by atoms with Gasteiger partial charge in [-0.3, -0.25) is 4.79 Å². The monoisotopic (exact) mass is 308 g/mol. The average Bonchev–Trinajstić information content (AvgIpc) is 2.61. The van der Waals surface area contributed by atoms with E-state index >= 15 is 0 Å². The Morgan fingerprint density at radius 1 is 0.955 bits per heavy atom. The lowest BCUT2D eigenvalue weighted by molar-refractivity contribution is -0.149. The van der Waals surface area contributed by atoms with Gasteiger partial charge in [0.05, 0.1) is 0 Å². The zero-order chi connectivity index (χ0) is 15.9. The van der Waals surface area contributed by atoms with Crippen molar-refractivity contribution in [1.29, 1.82) is 0 Å². The largest absolute Gasteiger partial charge is 0.462 e. The summed E-state index contributed by atoms with van der Waals surface area (Å²) in [4.78, 5) is 11.6. The van der Waals surface area contributed by atoms with Gasteiger partial charge in [-0.2, -0.15) is 0 Å². The fourth-order valence-electron chi connectivity index (χ4n) is 3.06. The normalized spacial score (nSPS) is 20.8. The Morgan fingerprint density at radius 2 is 1.59 bits per heavy atom. The van der Waals surface area contributed by atoms with Gasteiger partial charge in [0.15, 0.2) is 0 Å². The highest BCUT2D eigenvalue weighted by molar-refractivity contribution is 5.69. The van der Waals surface area contributed by atoms with Gasteiger partial charge >= 0.3 is 5.97 Å². The second kappa shape index (κ2) is 13.8. The fraction of sp³-hybridized carbons (Fsp3) is 0.850.